The molecular formula is C18H17NO3. The van der Waals surface area contributed by atoms with Gasteiger partial charge in [0.25, 0.3) is 0 Å². The van der Waals surface area contributed by atoms with Gasteiger partial charge < -0.3 is 4.74 Å². The predicted octanol–water partition coefficient (Wildman–Crippen LogP) is 3.17. The first-order valence-electron chi connectivity index (χ1n) is 7.34. The first kappa shape index (κ1) is 14.3. The fourth-order valence-corrected chi connectivity index (χ4v) is 2.64. The van der Waals surface area contributed by atoms with Crippen LogP contribution < -0.4 is 0 Å². The lowest BCUT2D eigenvalue weighted by molar-refractivity contribution is -0.136. The van der Waals surface area contributed by atoms with Crippen molar-refractivity contribution in [3.8, 4) is 0 Å². The second kappa shape index (κ2) is 6.43. The molecule has 3 rings (SSSR count). The fraction of sp³-hybridized carbons (Fsp3) is 0.222. The molecule has 1 aliphatic heterocycles. The van der Waals surface area contributed by atoms with Gasteiger partial charge in [-0.3, -0.25) is 4.90 Å². The van der Waals surface area contributed by atoms with E-state index in [9.17, 15) is 9.59 Å². The van der Waals surface area contributed by atoms with Crippen LogP contribution in [-0.4, -0.2) is 23.0 Å². The molecule has 0 unspecified atom stereocenters. The first-order chi connectivity index (χ1) is 10.7. The molecule has 4 nitrogen and oxygen atoms in total. The van der Waals surface area contributed by atoms with Crippen molar-refractivity contribution in [1.29, 1.82) is 0 Å². The third-order valence-electron chi connectivity index (χ3n) is 3.82. The minimum Gasteiger partial charge on any atom is -0.375 e. The summed E-state index contributed by atoms with van der Waals surface area (Å²) in [6, 6.07) is 19.0. The zero-order valence-corrected chi connectivity index (χ0v) is 12.1. The maximum atomic E-state index is 11.9. The predicted molar refractivity (Wildman–Crippen MR) is 82.0 cm³/mol. The Kier molecular flexibility index (Phi) is 4.19. The van der Waals surface area contributed by atoms with Crippen molar-refractivity contribution in [3.05, 3.63) is 71.8 Å². The third-order valence-corrected chi connectivity index (χ3v) is 3.82. The van der Waals surface area contributed by atoms with E-state index in [4.69, 9.17) is 4.74 Å². The quantitative estimate of drug-likeness (QED) is 0.629. The van der Waals surface area contributed by atoms with Gasteiger partial charge in [-0.1, -0.05) is 60.7 Å². The molecule has 0 aromatic heterocycles. The van der Waals surface area contributed by atoms with E-state index in [0.717, 1.165) is 17.5 Å². The Labute approximate surface area is 129 Å². The van der Waals surface area contributed by atoms with Crippen LogP contribution in [0.3, 0.4) is 0 Å². The standard InChI is InChI=1S/C18H17NO3/c20-17-16(12-11-14-7-3-1-4-8-14)19(18(21)22-17)13-15-9-5-2-6-10-15/h1-10,16H,11-13H2/t16-/m0/s1. The molecule has 2 aromatic rings. The van der Waals surface area contributed by atoms with Crippen molar-refractivity contribution in [1.82, 2.24) is 4.90 Å². The van der Waals surface area contributed by atoms with Gasteiger partial charge in [-0.2, -0.15) is 0 Å². The van der Waals surface area contributed by atoms with Crippen molar-refractivity contribution < 1.29 is 14.3 Å². The Bertz CT molecular complexity index is 655. The molecule has 1 fully saturated rings. The minimum atomic E-state index is -0.549. The SMILES string of the molecule is O=C1OC(=O)N(Cc2ccccc2)[C@H]1CCc1ccccc1. The van der Waals surface area contributed by atoms with Crippen LogP contribution in [0.25, 0.3) is 0 Å². The number of amides is 1. The number of carbonyl (C=O) groups excluding carboxylic acids is 2. The average Bonchev–Trinajstić information content (AvgIpc) is 2.81. The van der Waals surface area contributed by atoms with E-state index in [1.165, 1.54) is 4.90 Å². The van der Waals surface area contributed by atoms with Gasteiger partial charge >= 0.3 is 12.1 Å². The summed E-state index contributed by atoms with van der Waals surface area (Å²) < 4.78 is 4.80. The van der Waals surface area contributed by atoms with Crippen molar-refractivity contribution in [2.24, 2.45) is 0 Å². The number of cyclic esters (lactones) is 2. The van der Waals surface area contributed by atoms with E-state index >= 15 is 0 Å². The number of hydrogen-bond acceptors (Lipinski definition) is 3. The molecule has 2 aromatic carbocycles. The van der Waals surface area contributed by atoms with Crippen LogP contribution in [0.15, 0.2) is 60.7 Å². The molecule has 0 radical (unpaired) electrons. The molecule has 1 atom stereocenters. The van der Waals surface area contributed by atoms with Gasteiger partial charge in [-0.15, -0.1) is 0 Å². The highest BCUT2D eigenvalue weighted by Crippen LogP contribution is 2.21. The van der Waals surface area contributed by atoms with Gasteiger partial charge in [0.15, 0.2) is 0 Å². The summed E-state index contributed by atoms with van der Waals surface area (Å²) in [4.78, 5) is 25.3. The summed E-state index contributed by atoms with van der Waals surface area (Å²) >= 11 is 0. The molecule has 0 aliphatic carbocycles. The number of hydrogen-bond donors (Lipinski definition) is 0. The first-order valence-corrected chi connectivity index (χ1v) is 7.34. The van der Waals surface area contributed by atoms with E-state index in [2.05, 4.69) is 0 Å². The molecule has 0 saturated carbocycles. The second-order valence-electron chi connectivity index (χ2n) is 5.34. The van der Waals surface area contributed by atoms with Crippen molar-refractivity contribution in [2.45, 2.75) is 25.4 Å². The van der Waals surface area contributed by atoms with Crippen molar-refractivity contribution >= 4 is 12.1 Å². The van der Waals surface area contributed by atoms with Crippen LogP contribution in [-0.2, 0) is 22.5 Å². The molecule has 1 amide bonds. The van der Waals surface area contributed by atoms with Gasteiger partial charge in [-0.05, 0) is 24.0 Å². The van der Waals surface area contributed by atoms with Gasteiger partial charge in [0.05, 0.1) is 0 Å². The lowest BCUT2D eigenvalue weighted by Gasteiger charge is -2.20. The summed E-state index contributed by atoms with van der Waals surface area (Å²) in [5, 5.41) is 0. The summed E-state index contributed by atoms with van der Waals surface area (Å²) in [7, 11) is 0. The summed E-state index contributed by atoms with van der Waals surface area (Å²) in [5.41, 5.74) is 2.13. The van der Waals surface area contributed by atoms with E-state index < -0.39 is 18.1 Å². The molecular weight excluding hydrogens is 278 g/mol. The van der Waals surface area contributed by atoms with E-state index in [0.29, 0.717) is 13.0 Å². The molecule has 1 aliphatic rings. The van der Waals surface area contributed by atoms with E-state index in [1.807, 2.05) is 60.7 Å². The monoisotopic (exact) mass is 295 g/mol. The normalized spacial score (nSPS) is 17.6. The fourth-order valence-electron chi connectivity index (χ4n) is 2.64. The molecule has 112 valence electrons. The van der Waals surface area contributed by atoms with E-state index in [1.54, 1.807) is 0 Å². The van der Waals surface area contributed by atoms with Gasteiger partial charge in [-0.25, -0.2) is 9.59 Å². The van der Waals surface area contributed by atoms with Crippen molar-refractivity contribution in [2.75, 3.05) is 0 Å². The largest absolute Gasteiger partial charge is 0.418 e. The number of nitrogens with zero attached hydrogens (tertiary/aromatic N) is 1. The Morgan fingerprint density at radius 3 is 2.09 bits per heavy atom. The lowest BCUT2D eigenvalue weighted by atomic mass is 10.0. The second-order valence-corrected chi connectivity index (χ2v) is 5.34. The van der Waals surface area contributed by atoms with Gasteiger partial charge in [0.1, 0.15) is 6.04 Å². The Morgan fingerprint density at radius 2 is 1.45 bits per heavy atom. The molecule has 0 bridgehead atoms. The molecule has 1 heterocycles. The summed E-state index contributed by atoms with van der Waals surface area (Å²) in [6.45, 7) is 0.394. The maximum absolute atomic E-state index is 11.9. The van der Waals surface area contributed by atoms with E-state index in [-0.39, 0.29) is 0 Å². The van der Waals surface area contributed by atoms with Crippen molar-refractivity contribution in [3.63, 3.8) is 0 Å². The summed E-state index contributed by atoms with van der Waals surface area (Å²) in [6.07, 6.45) is 0.757. The average molecular weight is 295 g/mol. The molecule has 4 heteroatoms. The van der Waals surface area contributed by atoms with Crippen LogP contribution >= 0.6 is 0 Å². The number of benzene rings is 2. The molecule has 22 heavy (non-hydrogen) atoms. The van der Waals surface area contributed by atoms with Crippen LogP contribution in [0.2, 0.25) is 0 Å². The van der Waals surface area contributed by atoms with Crippen LogP contribution in [0.1, 0.15) is 17.5 Å². The number of ether oxygens (including phenoxy) is 1. The third kappa shape index (κ3) is 3.17. The molecule has 1 saturated heterocycles. The van der Waals surface area contributed by atoms with Gasteiger partial charge in [0, 0.05) is 6.54 Å². The number of carbonyl (C=O) groups is 2. The number of rotatable bonds is 5. The zero-order valence-electron chi connectivity index (χ0n) is 12.1. The smallest absolute Gasteiger partial charge is 0.375 e. The maximum Gasteiger partial charge on any atom is 0.418 e. The number of aryl methyl sites for hydroxylation is 1. The topological polar surface area (TPSA) is 46.6 Å². The number of esters is 1. The minimum absolute atomic E-state index is 0.394. The van der Waals surface area contributed by atoms with Crippen LogP contribution in [0, 0.1) is 0 Å². The zero-order chi connectivity index (χ0) is 15.4. The Morgan fingerprint density at radius 1 is 0.864 bits per heavy atom. The highest BCUT2D eigenvalue weighted by Gasteiger charge is 2.40. The van der Waals surface area contributed by atoms with Gasteiger partial charge in [0.2, 0.25) is 0 Å². The highest BCUT2D eigenvalue weighted by molar-refractivity contribution is 5.95. The Balaban J connectivity index is 1.70. The lowest BCUT2D eigenvalue weighted by Crippen LogP contribution is -2.34. The highest BCUT2D eigenvalue weighted by atomic mass is 16.6. The summed E-state index contributed by atoms with van der Waals surface area (Å²) in [5.74, 6) is -0.447. The Hall–Kier alpha value is -2.62. The molecule has 0 spiro atoms. The van der Waals surface area contributed by atoms with Crippen LogP contribution in [0.5, 0.6) is 0 Å². The van der Waals surface area contributed by atoms with Crippen LogP contribution in [0.4, 0.5) is 4.79 Å². The molecule has 0 N–H and O–H groups in total.